The maximum atomic E-state index is 14.6. The Bertz CT molecular complexity index is 3230. The van der Waals surface area contributed by atoms with Crippen molar-refractivity contribution < 1.29 is 51.5 Å². The average Bonchev–Trinajstić information content (AvgIpc) is 4.48. The second-order valence-corrected chi connectivity index (χ2v) is 21.2. The summed E-state index contributed by atoms with van der Waals surface area (Å²) in [5, 5.41) is 27.5. The highest BCUT2D eigenvalue weighted by Crippen LogP contribution is 2.43. The van der Waals surface area contributed by atoms with Crippen molar-refractivity contribution >= 4 is 92.5 Å². The number of aromatic amines is 3. The van der Waals surface area contributed by atoms with E-state index in [1.807, 2.05) is 32.3 Å². The van der Waals surface area contributed by atoms with E-state index in [1.54, 1.807) is 18.2 Å². The van der Waals surface area contributed by atoms with E-state index >= 15 is 0 Å². The van der Waals surface area contributed by atoms with Crippen molar-refractivity contribution in [2.24, 2.45) is 0 Å². The average molecular weight is 1190 g/mol. The number of esters is 1. The molecule has 83 heavy (non-hydrogen) atoms. The third-order valence-electron chi connectivity index (χ3n) is 12.9. The number of alkyl halides is 3. The number of hydrogen-bond acceptors (Lipinski definition) is 14. The van der Waals surface area contributed by atoms with Crippen molar-refractivity contribution in [2.45, 2.75) is 68.4 Å². The van der Waals surface area contributed by atoms with Gasteiger partial charge < -0.3 is 51.6 Å². The summed E-state index contributed by atoms with van der Waals surface area (Å²) in [4.78, 5) is 116. The van der Waals surface area contributed by atoms with Crippen LogP contribution in [0.3, 0.4) is 0 Å². The molecule has 0 radical (unpaired) electrons. The van der Waals surface area contributed by atoms with E-state index in [0.29, 0.717) is 17.1 Å². The zero-order valence-corrected chi connectivity index (χ0v) is 46.0. The predicted octanol–water partition coefficient (Wildman–Crippen LogP) is 7.16. The predicted molar refractivity (Wildman–Crippen MR) is 304 cm³/mol. The molecule has 9 rings (SSSR count). The molecule has 0 saturated carbocycles. The summed E-state index contributed by atoms with van der Waals surface area (Å²) in [7, 11) is 0. The topological polar surface area (TPSA) is 287 Å². The zero-order valence-electron chi connectivity index (χ0n) is 43.5. The van der Waals surface area contributed by atoms with E-state index in [2.05, 4.69) is 61.8 Å². The smallest absolute Gasteiger partial charge is 0.438 e. The highest BCUT2D eigenvalue weighted by Gasteiger charge is 2.49. The normalized spacial score (nSPS) is 12.5. The number of anilines is 3. The van der Waals surface area contributed by atoms with E-state index in [0.717, 1.165) is 16.7 Å². The molecule has 6 amide bonds. The monoisotopic (exact) mass is 1180 g/mol. The van der Waals surface area contributed by atoms with Crippen LogP contribution in [-0.2, 0) is 82.4 Å². The van der Waals surface area contributed by atoms with Gasteiger partial charge in [0.25, 0.3) is 0 Å². The van der Waals surface area contributed by atoms with Crippen LogP contribution in [-0.4, -0.2) is 95.6 Å². The van der Waals surface area contributed by atoms with Gasteiger partial charge in [0.1, 0.15) is 18.1 Å². The standard InChI is InChI=1S/C57H51F3N12O8S3/c58-57(59,60)55(79)80-56(37-1-7-40(8-2-37)67-52(76)46(22-43-25-61-31-64-43)70-49(73)19-34-13-16-81-28-34,38-3-9-41(10-4-38)68-53(77)47(23-44-26-62-32-65-44)71-50(74)20-35-14-17-82-29-35)39-5-11-42(12-6-39)69-54(78)48(24-45-27-63-33-66-45)72-51(75)21-36-15-18-83-30-36/h1-18,25-33,46-48H,19-24H2,(H,61,64)(H,62,65)(H,63,66)(H,67,76)(H,68,77)(H,69,78)(H,70,73)(H,71,74)(H,72,75)/t46-,47-,48-/m1/s1. The lowest BCUT2D eigenvalue weighted by atomic mass is 9.79. The molecular weight excluding hydrogens is 1130 g/mol. The van der Waals surface area contributed by atoms with Gasteiger partial charge in [-0.3, -0.25) is 28.8 Å². The van der Waals surface area contributed by atoms with Gasteiger partial charge in [-0.25, -0.2) is 19.7 Å². The Hall–Kier alpha value is -9.53. The third kappa shape index (κ3) is 15.7. The molecular formula is C57H51F3N12O8S3. The van der Waals surface area contributed by atoms with E-state index in [4.69, 9.17) is 4.74 Å². The SMILES string of the molecule is O=C(Cc1ccsc1)N[C@H](Cc1cnc[nH]1)C(=O)Nc1ccc(C(OC(=O)C(F)(F)F)(c2ccc(NC(=O)[C@@H](Cc3cnc[nH]3)NC(=O)Cc3ccsc3)cc2)c2ccc(NC(=O)[C@@H](Cc3cnc[nH]3)NC(=O)Cc3ccsc3)cc2)cc1. The molecule has 0 aliphatic heterocycles. The number of nitrogens with one attached hydrogen (secondary N) is 9. The summed E-state index contributed by atoms with van der Waals surface area (Å²) in [5.74, 6) is -5.79. The van der Waals surface area contributed by atoms with Crippen LogP contribution in [0.1, 0.15) is 50.5 Å². The molecule has 0 bridgehead atoms. The number of carbonyl (C=O) groups is 7. The van der Waals surface area contributed by atoms with Crippen LogP contribution in [0.2, 0.25) is 0 Å². The molecule has 0 aliphatic rings. The minimum atomic E-state index is -5.53. The molecule has 9 N–H and O–H groups in total. The first kappa shape index (κ1) is 58.1. The fraction of sp³-hybridized carbons (Fsp3) is 0.193. The Morgan fingerprint density at radius 1 is 0.458 bits per heavy atom. The van der Waals surface area contributed by atoms with Crippen molar-refractivity contribution in [3.8, 4) is 0 Å². The number of halogens is 3. The zero-order chi connectivity index (χ0) is 58.3. The molecule has 0 aliphatic carbocycles. The van der Waals surface area contributed by atoms with Crippen LogP contribution >= 0.6 is 34.0 Å². The first-order valence-corrected chi connectivity index (χ1v) is 28.3. The number of nitrogens with zero attached hydrogens (tertiary/aromatic N) is 3. The van der Waals surface area contributed by atoms with Crippen molar-refractivity contribution in [1.29, 1.82) is 0 Å². The van der Waals surface area contributed by atoms with Gasteiger partial charge in [-0.2, -0.15) is 47.2 Å². The fourth-order valence-corrected chi connectivity index (χ4v) is 10.9. The molecule has 9 aromatic rings. The van der Waals surface area contributed by atoms with E-state index < -0.39 is 71.3 Å². The summed E-state index contributed by atoms with van der Waals surface area (Å²) < 4.78 is 49.6. The Labute approximate surface area is 483 Å². The van der Waals surface area contributed by atoms with Gasteiger partial charge in [-0.15, -0.1) is 0 Å². The molecule has 6 aromatic heterocycles. The number of aromatic nitrogens is 6. The Morgan fingerprint density at radius 3 is 1.00 bits per heavy atom. The van der Waals surface area contributed by atoms with Crippen LogP contribution in [0, 0.1) is 0 Å². The molecule has 6 heterocycles. The first-order valence-electron chi connectivity index (χ1n) is 25.4. The fourth-order valence-electron chi connectivity index (χ4n) is 8.88. The molecule has 0 spiro atoms. The lowest BCUT2D eigenvalue weighted by Gasteiger charge is -2.36. The van der Waals surface area contributed by atoms with Crippen LogP contribution in [0.5, 0.6) is 0 Å². The van der Waals surface area contributed by atoms with Gasteiger partial charge in [-0.05, 0) is 104 Å². The molecule has 0 unspecified atom stereocenters. The largest absolute Gasteiger partial charge is 0.490 e. The van der Waals surface area contributed by atoms with E-state index in [9.17, 15) is 46.7 Å². The first-order chi connectivity index (χ1) is 40.1. The number of hydrogen-bond donors (Lipinski definition) is 9. The van der Waals surface area contributed by atoms with Gasteiger partial charge in [0.15, 0.2) is 5.60 Å². The minimum Gasteiger partial charge on any atom is -0.438 e. The van der Waals surface area contributed by atoms with Crippen LogP contribution in [0.25, 0.3) is 0 Å². The van der Waals surface area contributed by atoms with Crippen molar-refractivity contribution in [3.63, 3.8) is 0 Å². The molecule has 426 valence electrons. The second-order valence-electron chi connectivity index (χ2n) is 18.9. The summed E-state index contributed by atoms with van der Waals surface area (Å²) in [6.45, 7) is 0. The van der Waals surface area contributed by atoms with E-state index in [-0.39, 0.29) is 72.3 Å². The summed E-state index contributed by atoms with van der Waals surface area (Å²) in [6.07, 6.45) is 3.33. The molecule has 3 atom stereocenters. The summed E-state index contributed by atoms with van der Waals surface area (Å²) in [5.41, 5.74) is 1.68. The molecule has 26 heteroatoms. The van der Waals surface area contributed by atoms with Gasteiger partial charge in [0.2, 0.25) is 35.4 Å². The van der Waals surface area contributed by atoms with Gasteiger partial charge >= 0.3 is 12.1 Å². The molecule has 0 fully saturated rings. The van der Waals surface area contributed by atoms with Crippen molar-refractivity contribution in [3.05, 3.63) is 211 Å². The van der Waals surface area contributed by atoms with Crippen molar-refractivity contribution in [2.75, 3.05) is 16.0 Å². The number of rotatable bonds is 25. The number of amides is 6. The Kier molecular flexibility index (Phi) is 18.8. The van der Waals surface area contributed by atoms with E-state index in [1.165, 1.54) is 144 Å². The third-order valence-corrected chi connectivity index (χ3v) is 15.1. The maximum Gasteiger partial charge on any atom is 0.490 e. The lowest BCUT2D eigenvalue weighted by Crippen LogP contribution is -2.46. The number of carbonyl (C=O) groups excluding carboxylic acids is 7. The van der Waals surface area contributed by atoms with Crippen LogP contribution in [0.15, 0.2) is 161 Å². The Morgan fingerprint density at radius 2 is 0.759 bits per heavy atom. The molecule has 20 nitrogen and oxygen atoms in total. The summed E-state index contributed by atoms with van der Waals surface area (Å²) >= 11 is 4.24. The lowest BCUT2D eigenvalue weighted by molar-refractivity contribution is -0.209. The van der Waals surface area contributed by atoms with Crippen LogP contribution < -0.4 is 31.9 Å². The number of H-pyrrole nitrogens is 3. The minimum absolute atomic E-state index is 0.00635. The maximum absolute atomic E-state index is 14.6. The van der Waals surface area contributed by atoms with Gasteiger partial charge in [-0.1, -0.05) is 36.4 Å². The number of thiophene rings is 3. The number of benzene rings is 3. The van der Waals surface area contributed by atoms with Gasteiger partial charge in [0.05, 0.1) is 38.2 Å². The second kappa shape index (κ2) is 26.8. The highest BCUT2D eigenvalue weighted by molar-refractivity contribution is 7.08. The van der Waals surface area contributed by atoms with Gasteiger partial charge in [0, 0.05) is 88.7 Å². The van der Waals surface area contributed by atoms with Crippen molar-refractivity contribution in [1.82, 2.24) is 45.9 Å². The number of imidazole rings is 3. The summed E-state index contributed by atoms with van der Waals surface area (Å²) in [6, 6.07) is 18.4. The van der Waals surface area contributed by atoms with Crippen LogP contribution in [0.4, 0.5) is 30.2 Å². The highest BCUT2D eigenvalue weighted by atomic mass is 32.1. The number of ether oxygens (including phenoxy) is 1. The Balaban J connectivity index is 1.04. The molecule has 0 saturated heterocycles. The molecule has 3 aromatic carbocycles. The quantitative estimate of drug-likeness (QED) is 0.0204.